The monoisotopic (exact) mass is 511 g/mol. The summed E-state index contributed by atoms with van der Waals surface area (Å²) in [6.07, 6.45) is -7.87. The molecule has 0 fully saturated rings. The Morgan fingerprint density at radius 1 is 1.03 bits per heavy atom. The molecule has 2 aromatic carbocycles. The first kappa shape index (κ1) is 22.9. The largest absolute Gasteiger partial charge is 0.586 e. The van der Waals surface area contributed by atoms with E-state index in [0.717, 1.165) is 18.3 Å². The normalized spacial score (nSPS) is 14.0. The molecule has 0 aliphatic carbocycles. The minimum Gasteiger partial charge on any atom is -0.418 e. The minimum absolute atomic E-state index is 0.0920. The molecule has 0 saturated carbocycles. The lowest BCUT2D eigenvalue weighted by Gasteiger charge is -2.12. The summed E-state index contributed by atoms with van der Waals surface area (Å²) in [4.78, 5) is 35.2. The molecule has 0 atom stereocenters. The number of amides is 2. The molecule has 16 heteroatoms. The van der Waals surface area contributed by atoms with Gasteiger partial charge in [0.2, 0.25) is 11.7 Å². The van der Waals surface area contributed by atoms with E-state index in [1.54, 1.807) is 0 Å². The lowest BCUT2D eigenvalue weighted by atomic mass is 10.2. The van der Waals surface area contributed by atoms with Gasteiger partial charge in [0.15, 0.2) is 11.5 Å². The van der Waals surface area contributed by atoms with Gasteiger partial charge in [-0.05, 0) is 12.1 Å². The summed E-state index contributed by atoms with van der Waals surface area (Å²) >= 11 is 0. The van der Waals surface area contributed by atoms with E-state index in [-0.39, 0.29) is 34.2 Å². The van der Waals surface area contributed by atoms with Gasteiger partial charge >= 0.3 is 18.7 Å². The van der Waals surface area contributed by atoms with Gasteiger partial charge in [-0.15, -0.1) is 22.0 Å². The van der Waals surface area contributed by atoms with Gasteiger partial charge in [-0.3, -0.25) is 20.2 Å². The van der Waals surface area contributed by atoms with Crippen LogP contribution in [0.4, 0.5) is 33.9 Å². The number of oxazole rings is 1. The van der Waals surface area contributed by atoms with Crippen LogP contribution in [-0.2, 0) is 0 Å². The lowest BCUT2D eigenvalue weighted by molar-refractivity contribution is -0.286. The standard InChI is InChI=1S/C20H10F5N5O6/c21-19(22,23)34-11-4-2-1-3-8(11)15(31)30-18-26-7-14(33-18)16(32)29-17-27-9-5-12-13(6-10(9)28-17)36-20(24,25)35-12/h1-7H,(H,26,30,31)(H2,27,28,29,32). The van der Waals surface area contributed by atoms with Crippen molar-refractivity contribution in [1.29, 1.82) is 0 Å². The third kappa shape index (κ3) is 4.68. The van der Waals surface area contributed by atoms with Crippen LogP contribution >= 0.6 is 0 Å². The zero-order valence-electron chi connectivity index (χ0n) is 17.3. The van der Waals surface area contributed by atoms with Gasteiger partial charge < -0.3 is 23.6 Å². The van der Waals surface area contributed by atoms with E-state index in [1.165, 1.54) is 24.3 Å². The van der Waals surface area contributed by atoms with Crippen molar-refractivity contribution in [3.8, 4) is 17.2 Å². The Labute approximate surface area is 195 Å². The first-order valence-electron chi connectivity index (χ1n) is 9.69. The first-order valence-corrected chi connectivity index (χ1v) is 9.69. The van der Waals surface area contributed by atoms with Gasteiger partial charge in [0.25, 0.3) is 11.8 Å². The second-order valence-electron chi connectivity index (χ2n) is 7.05. The predicted octanol–water partition coefficient (Wildman–Crippen LogP) is 4.28. The van der Waals surface area contributed by atoms with Crippen molar-refractivity contribution in [2.45, 2.75) is 12.7 Å². The number of benzene rings is 2. The van der Waals surface area contributed by atoms with Gasteiger partial charge in [0.1, 0.15) is 5.75 Å². The number of halogens is 5. The fourth-order valence-corrected chi connectivity index (χ4v) is 3.15. The summed E-state index contributed by atoms with van der Waals surface area (Å²) in [5.41, 5.74) is -0.0369. The first-order chi connectivity index (χ1) is 17.0. The molecule has 1 aliphatic rings. The molecule has 0 radical (unpaired) electrons. The molecular weight excluding hydrogens is 501 g/mol. The van der Waals surface area contributed by atoms with Gasteiger partial charge in [0, 0.05) is 12.1 Å². The molecule has 2 aromatic heterocycles. The smallest absolute Gasteiger partial charge is 0.418 e. The number of para-hydroxylation sites is 1. The number of imidazole rings is 1. The molecule has 11 nitrogen and oxygen atoms in total. The Morgan fingerprint density at radius 3 is 2.50 bits per heavy atom. The van der Waals surface area contributed by atoms with Crippen LogP contribution in [0.1, 0.15) is 20.9 Å². The van der Waals surface area contributed by atoms with E-state index >= 15 is 0 Å². The highest BCUT2D eigenvalue weighted by Gasteiger charge is 2.43. The van der Waals surface area contributed by atoms with E-state index in [9.17, 15) is 31.5 Å². The van der Waals surface area contributed by atoms with Crippen molar-refractivity contribution >= 4 is 34.8 Å². The molecule has 5 rings (SSSR count). The van der Waals surface area contributed by atoms with Crippen LogP contribution in [0.3, 0.4) is 0 Å². The second-order valence-corrected chi connectivity index (χ2v) is 7.05. The number of nitrogens with one attached hydrogen (secondary N) is 3. The van der Waals surface area contributed by atoms with Crippen LogP contribution in [-0.4, -0.2) is 39.4 Å². The van der Waals surface area contributed by atoms with Gasteiger partial charge in [-0.25, -0.2) is 9.97 Å². The summed E-state index contributed by atoms with van der Waals surface area (Å²) in [6, 6.07) is 6.49. The van der Waals surface area contributed by atoms with E-state index in [0.29, 0.717) is 0 Å². The average Bonchev–Trinajstić information content (AvgIpc) is 3.46. The maximum Gasteiger partial charge on any atom is 0.586 e. The Balaban J connectivity index is 1.27. The Bertz CT molecular complexity index is 1450. The number of carbonyl (C=O) groups is 2. The van der Waals surface area contributed by atoms with Crippen molar-refractivity contribution < 1.29 is 50.2 Å². The number of nitrogens with zero attached hydrogens (tertiary/aromatic N) is 2. The van der Waals surface area contributed by atoms with Crippen LogP contribution in [0.25, 0.3) is 11.0 Å². The molecule has 2 amide bonds. The zero-order chi connectivity index (χ0) is 25.7. The van der Waals surface area contributed by atoms with Crippen LogP contribution in [0, 0.1) is 0 Å². The number of hydrogen-bond acceptors (Lipinski definition) is 8. The summed E-state index contributed by atoms with van der Waals surface area (Å²) < 4.78 is 81.7. The molecule has 4 aromatic rings. The molecule has 36 heavy (non-hydrogen) atoms. The Kier molecular flexibility index (Phi) is 5.15. The number of carbonyl (C=O) groups excluding carboxylic acids is 2. The van der Waals surface area contributed by atoms with Crippen molar-refractivity contribution in [3.05, 3.63) is 53.9 Å². The number of fused-ring (bicyclic) bond motifs is 2. The maximum atomic E-state index is 13.2. The maximum absolute atomic E-state index is 13.2. The van der Waals surface area contributed by atoms with Crippen LogP contribution in [0.15, 0.2) is 47.0 Å². The summed E-state index contributed by atoms with van der Waals surface area (Å²) in [5, 5.41) is 4.47. The van der Waals surface area contributed by atoms with Gasteiger partial charge in [-0.2, -0.15) is 0 Å². The fourth-order valence-electron chi connectivity index (χ4n) is 3.15. The highest BCUT2D eigenvalue weighted by Crippen LogP contribution is 2.43. The molecule has 0 saturated heterocycles. The van der Waals surface area contributed by atoms with Crippen molar-refractivity contribution in [1.82, 2.24) is 15.0 Å². The average molecular weight is 511 g/mol. The molecule has 0 unspecified atom stereocenters. The van der Waals surface area contributed by atoms with Crippen molar-refractivity contribution in [3.63, 3.8) is 0 Å². The molecular formula is C20H10F5N5O6. The Morgan fingerprint density at radius 2 is 1.75 bits per heavy atom. The minimum atomic E-state index is -5.02. The van der Waals surface area contributed by atoms with Crippen LogP contribution < -0.4 is 24.8 Å². The fraction of sp³-hybridized carbons (Fsp3) is 0.100. The lowest BCUT2D eigenvalue weighted by Crippen LogP contribution is -2.25. The van der Waals surface area contributed by atoms with Crippen LogP contribution in [0.2, 0.25) is 0 Å². The summed E-state index contributed by atoms with van der Waals surface area (Å²) in [5.74, 6) is -3.60. The van der Waals surface area contributed by atoms with E-state index < -0.39 is 41.8 Å². The number of hydrogen-bond donors (Lipinski definition) is 3. The predicted molar refractivity (Wildman–Crippen MR) is 108 cm³/mol. The number of alkyl halides is 5. The number of H-pyrrole nitrogens is 1. The number of aromatic nitrogens is 3. The van der Waals surface area contributed by atoms with Gasteiger partial charge in [-0.1, -0.05) is 12.1 Å². The Hall–Kier alpha value is -4.89. The summed E-state index contributed by atoms with van der Waals surface area (Å²) in [6.45, 7) is 0. The van der Waals surface area contributed by atoms with Crippen molar-refractivity contribution in [2.75, 3.05) is 10.6 Å². The second kappa shape index (κ2) is 8.10. The molecule has 186 valence electrons. The topological polar surface area (TPSA) is 141 Å². The highest BCUT2D eigenvalue weighted by molar-refractivity contribution is 6.06. The number of rotatable bonds is 5. The molecule has 3 heterocycles. The number of ether oxygens (including phenoxy) is 3. The molecule has 0 bridgehead atoms. The number of aromatic amines is 1. The molecule has 3 N–H and O–H groups in total. The third-order valence-corrected chi connectivity index (χ3v) is 4.54. The van der Waals surface area contributed by atoms with Crippen LogP contribution in [0.5, 0.6) is 17.2 Å². The van der Waals surface area contributed by atoms with E-state index in [4.69, 9.17) is 4.42 Å². The third-order valence-electron chi connectivity index (χ3n) is 4.54. The molecule has 1 aliphatic heterocycles. The molecule has 0 spiro atoms. The zero-order valence-corrected chi connectivity index (χ0v) is 17.3. The quantitative estimate of drug-likeness (QED) is 0.338. The number of anilines is 2. The van der Waals surface area contributed by atoms with Gasteiger partial charge in [0.05, 0.1) is 22.8 Å². The highest BCUT2D eigenvalue weighted by atomic mass is 19.4. The van der Waals surface area contributed by atoms with Crippen molar-refractivity contribution in [2.24, 2.45) is 0 Å². The SMILES string of the molecule is O=C(Nc1nc2cc3c(cc2[nH]1)OC(F)(F)O3)c1cnc(NC(=O)c2ccccc2OC(F)(F)F)o1. The van der Waals surface area contributed by atoms with E-state index in [1.807, 2.05) is 0 Å². The summed E-state index contributed by atoms with van der Waals surface area (Å²) in [7, 11) is 0. The van der Waals surface area contributed by atoms with E-state index in [2.05, 4.69) is 39.8 Å².